The molecule has 1 aromatic carbocycles. The van der Waals surface area contributed by atoms with Gasteiger partial charge in [-0.1, -0.05) is 31.5 Å². The summed E-state index contributed by atoms with van der Waals surface area (Å²) < 4.78 is 27.4. The molecule has 2 aromatic rings. The Kier molecular flexibility index (Phi) is 5.39. The minimum absolute atomic E-state index is 0.147. The zero-order chi connectivity index (χ0) is 15.3. The van der Waals surface area contributed by atoms with E-state index < -0.39 is 10.0 Å². The lowest BCUT2D eigenvalue weighted by Crippen LogP contribution is -2.31. The summed E-state index contributed by atoms with van der Waals surface area (Å²) in [5, 5.41) is 10.8. The van der Waals surface area contributed by atoms with Crippen molar-refractivity contribution in [2.24, 2.45) is 0 Å². The van der Waals surface area contributed by atoms with Gasteiger partial charge in [-0.25, -0.2) is 8.42 Å². The van der Waals surface area contributed by atoms with Crippen LogP contribution < -0.4 is 4.31 Å². The van der Waals surface area contributed by atoms with Crippen LogP contribution in [0.4, 0.5) is 5.69 Å². The van der Waals surface area contributed by atoms with Crippen LogP contribution in [0, 0.1) is 0 Å². The lowest BCUT2D eigenvalue weighted by molar-refractivity contribution is 0.282. The number of nitrogens with zero attached hydrogens (tertiary/aromatic N) is 1. The number of hydrogen-bond acceptors (Lipinski definition) is 4. The summed E-state index contributed by atoms with van der Waals surface area (Å²) in [5.41, 5.74) is 1.30. The number of aliphatic hydroxyl groups is 1. The Morgan fingerprint density at radius 2 is 1.95 bits per heavy atom. The number of benzene rings is 1. The number of anilines is 1. The fraction of sp³-hybridized carbons (Fsp3) is 0.333. The summed E-state index contributed by atoms with van der Waals surface area (Å²) in [6.45, 7) is 2.34. The number of hydrogen-bond donors (Lipinski definition) is 1. The average Bonchev–Trinajstić information content (AvgIpc) is 2.98. The molecule has 0 bridgehead atoms. The summed E-state index contributed by atoms with van der Waals surface area (Å²) in [6, 6.07) is 10.7. The van der Waals surface area contributed by atoms with Gasteiger partial charge < -0.3 is 5.11 Å². The Morgan fingerprint density at radius 3 is 2.52 bits per heavy atom. The van der Waals surface area contributed by atoms with Crippen LogP contribution >= 0.6 is 11.3 Å². The number of sulfonamides is 1. The topological polar surface area (TPSA) is 57.6 Å². The monoisotopic (exact) mass is 325 g/mol. The second-order valence-electron chi connectivity index (χ2n) is 4.70. The third-order valence-corrected chi connectivity index (χ3v) is 6.41. The van der Waals surface area contributed by atoms with Gasteiger partial charge in [0, 0.05) is 6.54 Å². The molecule has 1 aromatic heterocycles. The molecule has 2 rings (SSSR count). The van der Waals surface area contributed by atoms with Gasteiger partial charge in [-0.3, -0.25) is 4.31 Å². The molecule has 0 aliphatic rings. The highest BCUT2D eigenvalue weighted by atomic mass is 32.2. The van der Waals surface area contributed by atoms with Gasteiger partial charge in [0.1, 0.15) is 4.21 Å². The van der Waals surface area contributed by atoms with Crippen molar-refractivity contribution in [1.82, 2.24) is 0 Å². The van der Waals surface area contributed by atoms with Crippen LogP contribution in [0.1, 0.15) is 25.3 Å². The van der Waals surface area contributed by atoms with Gasteiger partial charge in [-0.15, -0.1) is 11.3 Å². The quantitative estimate of drug-likeness (QED) is 0.850. The Bertz CT molecular complexity index is 665. The maximum absolute atomic E-state index is 12.8. The van der Waals surface area contributed by atoms with Gasteiger partial charge in [0.05, 0.1) is 12.3 Å². The summed E-state index contributed by atoms with van der Waals surface area (Å²) in [5.74, 6) is 0. The highest BCUT2D eigenvalue weighted by Gasteiger charge is 2.26. The van der Waals surface area contributed by atoms with Crippen LogP contribution in [0.5, 0.6) is 0 Å². The lowest BCUT2D eigenvalue weighted by atomic mass is 10.3. The van der Waals surface area contributed by atoms with E-state index in [4.69, 9.17) is 5.11 Å². The van der Waals surface area contributed by atoms with Crippen LogP contribution in [0.3, 0.4) is 0 Å². The largest absolute Gasteiger partial charge is 0.392 e. The number of para-hydroxylation sites is 1. The number of thiophene rings is 1. The maximum Gasteiger partial charge on any atom is 0.273 e. The van der Waals surface area contributed by atoms with Crippen molar-refractivity contribution in [3.05, 3.63) is 47.3 Å². The van der Waals surface area contributed by atoms with Crippen molar-refractivity contribution in [1.29, 1.82) is 0 Å². The van der Waals surface area contributed by atoms with Gasteiger partial charge in [0.25, 0.3) is 10.0 Å². The first kappa shape index (κ1) is 16.0. The zero-order valence-electron chi connectivity index (χ0n) is 11.9. The molecule has 0 saturated heterocycles. The fourth-order valence-corrected chi connectivity index (χ4v) is 4.78. The van der Waals surface area contributed by atoms with Crippen molar-refractivity contribution in [3.63, 3.8) is 0 Å². The molecule has 0 radical (unpaired) electrons. The lowest BCUT2D eigenvalue weighted by Gasteiger charge is -2.23. The average molecular weight is 325 g/mol. The Morgan fingerprint density at radius 1 is 1.24 bits per heavy atom. The highest BCUT2D eigenvalue weighted by Crippen LogP contribution is 2.28. The zero-order valence-corrected chi connectivity index (χ0v) is 13.5. The van der Waals surface area contributed by atoms with Crippen LogP contribution in [-0.2, 0) is 16.6 Å². The normalized spacial score (nSPS) is 11.5. The van der Waals surface area contributed by atoms with E-state index in [0.717, 1.165) is 24.2 Å². The first-order valence-electron chi connectivity index (χ1n) is 6.85. The molecule has 0 aliphatic carbocycles. The predicted octanol–water partition coefficient (Wildman–Crippen LogP) is 3.24. The molecular formula is C15H19NO3S2. The number of aliphatic hydroxyl groups excluding tert-OH is 1. The molecule has 0 saturated carbocycles. The van der Waals surface area contributed by atoms with Crippen molar-refractivity contribution in [2.75, 3.05) is 10.8 Å². The van der Waals surface area contributed by atoms with E-state index in [1.54, 1.807) is 23.6 Å². The molecule has 6 heteroatoms. The summed E-state index contributed by atoms with van der Waals surface area (Å²) in [4.78, 5) is 0. The van der Waals surface area contributed by atoms with Crippen molar-refractivity contribution >= 4 is 27.0 Å². The minimum Gasteiger partial charge on any atom is -0.392 e. The second kappa shape index (κ2) is 7.06. The standard InChI is InChI=1S/C15H19NO3S2/c1-2-3-9-16(14-7-5-4-6-8-14)21(18,19)15-10-13(11-17)12-20-15/h4-8,10,12,17H,2-3,9,11H2,1H3. The Labute approximate surface area is 129 Å². The van der Waals surface area contributed by atoms with E-state index in [9.17, 15) is 8.42 Å². The van der Waals surface area contributed by atoms with Crippen LogP contribution in [0.15, 0.2) is 46.0 Å². The molecule has 0 unspecified atom stereocenters. The third-order valence-electron chi connectivity index (χ3n) is 3.12. The molecule has 4 nitrogen and oxygen atoms in total. The SMILES string of the molecule is CCCCN(c1ccccc1)S(=O)(=O)c1cc(CO)cs1. The third kappa shape index (κ3) is 3.64. The molecule has 0 fully saturated rings. The first-order valence-corrected chi connectivity index (χ1v) is 9.17. The molecule has 0 aliphatic heterocycles. The van der Waals surface area contributed by atoms with Gasteiger partial charge in [0.2, 0.25) is 0 Å². The van der Waals surface area contributed by atoms with E-state index in [-0.39, 0.29) is 10.8 Å². The maximum atomic E-state index is 12.8. The Balaban J connectivity index is 2.39. The molecule has 0 atom stereocenters. The van der Waals surface area contributed by atoms with E-state index in [2.05, 4.69) is 0 Å². The van der Waals surface area contributed by atoms with Gasteiger partial charge in [-0.2, -0.15) is 0 Å². The molecule has 21 heavy (non-hydrogen) atoms. The number of unbranched alkanes of at least 4 members (excludes halogenated alkanes) is 1. The van der Waals surface area contributed by atoms with E-state index in [0.29, 0.717) is 17.8 Å². The summed E-state index contributed by atoms with van der Waals surface area (Å²) in [6.07, 6.45) is 1.72. The van der Waals surface area contributed by atoms with Crippen molar-refractivity contribution in [3.8, 4) is 0 Å². The van der Waals surface area contributed by atoms with E-state index in [1.807, 2.05) is 25.1 Å². The molecule has 0 spiro atoms. The smallest absolute Gasteiger partial charge is 0.273 e. The molecule has 114 valence electrons. The highest BCUT2D eigenvalue weighted by molar-refractivity contribution is 7.94. The summed E-state index contributed by atoms with van der Waals surface area (Å²) in [7, 11) is -3.57. The van der Waals surface area contributed by atoms with Gasteiger partial charge in [-0.05, 0) is 35.6 Å². The van der Waals surface area contributed by atoms with Crippen molar-refractivity contribution < 1.29 is 13.5 Å². The second-order valence-corrected chi connectivity index (χ2v) is 7.70. The Hall–Kier alpha value is -1.37. The predicted molar refractivity (Wildman–Crippen MR) is 86.1 cm³/mol. The summed E-state index contributed by atoms with van der Waals surface area (Å²) >= 11 is 1.15. The first-order chi connectivity index (χ1) is 10.1. The molecule has 1 N–H and O–H groups in total. The molecule has 1 heterocycles. The van der Waals surface area contributed by atoms with Crippen LogP contribution in [0.25, 0.3) is 0 Å². The van der Waals surface area contributed by atoms with Crippen LogP contribution in [-0.4, -0.2) is 20.1 Å². The van der Waals surface area contributed by atoms with E-state index >= 15 is 0 Å². The van der Waals surface area contributed by atoms with Gasteiger partial charge >= 0.3 is 0 Å². The molecule has 0 amide bonds. The fourth-order valence-electron chi connectivity index (χ4n) is 1.96. The molecular weight excluding hydrogens is 306 g/mol. The minimum atomic E-state index is -3.57. The van der Waals surface area contributed by atoms with Crippen molar-refractivity contribution in [2.45, 2.75) is 30.6 Å². The van der Waals surface area contributed by atoms with Gasteiger partial charge in [0.15, 0.2) is 0 Å². The van der Waals surface area contributed by atoms with Crippen LogP contribution in [0.2, 0.25) is 0 Å². The van der Waals surface area contributed by atoms with E-state index in [1.165, 1.54) is 4.31 Å². The number of rotatable bonds is 7.